The second-order valence-electron chi connectivity index (χ2n) is 4.47. The molecule has 0 saturated carbocycles. The fraction of sp³-hybridized carbons (Fsp3) is 0.923. The van der Waals surface area contributed by atoms with Crippen LogP contribution in [0.1, 0.15) is 52.4 Å². The van der Waals surface area contributed by atoms with E-state index in [-0.39, 0.29) is 5.54 Å². The van der Waals surface area contributed by atoms with Crippen LogP contribution < -0.4 is 5.32 Å². The van der Waals surface area contributed by atoms with Gasteiger partial charge in [0.1, 0.15) is 5.54 Å². The van der Waals surface area contributed by atoms with Crippen molar-refractivity contribution in [3.8, 4) is 6.07 Å². The van der Waals surface area contributed by atoms with Crippen molar-refractivity contribution in [2.24, 2.45) is 0 Å². The highest BCUT2D eigenvalue weighted by atomic mass is 16.5. The zero-order chi connectivity index (χ0) is 12.3. The van der Waals surface area contributed by atoms with Crippen LogP contribution in [0.4, 0.5) is 0 Å². The van der Waals surface area contributed by atoms with Crippen molar-refractivity contribution in [2.75, 3.05) is 20.3 Å². The molecule has 94 valence electrons. The molecule has 0 aromatic rings. The van der Waals surface area contributed by atoms with Crippen molar-refractivity contribution < 1.29 is 4.74 Å². The largest absolute Gasteiger partial charge is 0.381 e. The number of hydrogen-bond donors (Lipinski definition) is 1. The summed E-state index contributed by atoms with van der Waals surface area (Å²) in [6.45, 7) is 5.85. The Morgan fingerprint density at radius 1 is 1.19 bits per heavy atom. The number of nitrogens with one attached hydrogen (secondary N) is 1. The number of unbranched alkanes of at least 4 members (excludes halogenated alkanes) is 3. The van der Waals surface area contributed by atoms with Gasteiger partial charge >= 0.3 is 0 Å². The lowest BCUT2D eigenvalue weighted by Gasteiger charge is -2.20. The van der Waals surface area contributed by atoms with Crippen LogP contribution in [0.2, 0.25) is 0 Å². The molecule has 0 aliphatic rings. The predicted octanol–water partition coefficient (Wildman–Crippen LogP) is 2.87. The fourth-order valence-electron chi connectivity index (χ4n) is 1.48. The van der Waals surface area contributed by atoms with Gasteiger partial charge in [-0.25, -0.2) is 0 Å². The van der Waals surface area contributed by atoms with E-state index in [1.54, 1.807) is 0 Å². The Hall–Kier alpha value is -0.590. The SMILES string of the molecule is CCCCCOCCCCC(C)(C#N)NC. The Bertz CT molecular complexity index is 201. The molecule has 0 aromatic heterocycles. The Morgan fingerprint density at radius 3 is 2.31 bits per heavy atom. The van der Waals surface area contributed by atoms with Crippen molar-refractivity contribution in [1.29, 1.82) is 5.26 Å². The van der Waals surface area contributed by atoms with Crippen LogP contribution in [-0.4, -0.2) is 25.8 Å². The highest BCUT2D eigenvalue weighted by Crippen LogP contribution is 2.11. The van der Waals surface area contributed by atoms with Gasteiger partial charge in [0.15, 0.2) is 0 Å². The van der Waals surface area contributed by atoms with Gasteiger partial charge < -0.3 is 10.1 Å². The number of ether oxygens (including phenoxy) is 1. The molecular formula is C13H26N2O. The normalized spacial score (nSPS) is 14.4. The van der Waals surface area contributed by atoms with Crippen LogP contribution in [-0.2, 0) is 4.74 Å². The van der Waals surface area contributed by atoms with E-state index in [0.717, 1.165) is 32.5 Å². The van der Waals surface area contributed by atoms with E-state index in [1.807, 2.05) is 14.0 Å². The Labute approximate surface area is 100 Å². The van der Waals surface area contributed by atoms with Gasteiger partial charge in [0.25, 0.3) is 0 Å². The summed E-state index contributed by atoms with van der Waals surface area (Å²) in [5, 5.41) is 12.0. The highest BCUT2D eigenvalue weighted by Gasteiger charge is 2.19. The zero-order valence-corrected chi connectivity index (χ0v) is 11.0. The summed E-state index contributed by atoms with van der Waals surface area (Å²) in [4.78, 5) is 0. The maximum absolute atomic E-state index is 8.94. The van der Waals surface area contributed by atoms with E-state index in [0.29, 0.717) is 0 Å². The first-order valence-corrected chi connectivity index (χ1v) is 6.36. The van der Waals surface area contributed by atoms with E-state index >= 15 is 0 Å². The first-order valence-electron chi connectivity index (χ1n) is 6.36. The summed E-state index contributed by atoms with van der Waals surface area (Å²) in [5.74, 6) is 0. The number of nitrogens with zero attached hydrogens (tertiary/aromatic N) is 1. The molecule has 3 heteroatoms. The maximum atomic E-state index is 8.94. The topological polar surface area (TPSA) is 45.0 Å². The lowest BCUT2D eigenvalue weighted by molar-refractivity contribution is 0.125. The van der Waals surface area contributed by atoms with Gasteiger partial charge in [0.2, 0.25) is 0 Å². The molecule has 0 saturated heterocycles. The molecule has 16 heavy (non-hydrogen) atoms. The lowest BCUT2D eigenvalue weighted by atomic mass is 9.97. The summed E-state index contributed by atoms with van der Waals surface area (Å²) in [5.41, 5.74) is -0.373. The minimum absolute atomic E-state index is 0.373. The van der Waals surface area contributed by atoms with E-state index < -0.39 is 0 Å². The second kappa shape index (κ2) is 9.62. The van der Waals surface area contributed by atoms with Crippen LogP contribution in [0.3, 0.4) is 0 Å². The average molecular weight is 226 g/mol. The molecule has 0 aliphatic carbocycles. The Kier molecular flexibility index (Phi) is 9.27. The van der Waals surface area contributed by atoms with Crippen molar-refractivity contribution in [1.82, 2.24) is 5.32 Å². The molecule has 0 fully saturated rings. The molecule has 0 rings (SSSR count). The van der Waals surface area contributed by atoms with Crippen LogP contribution in [0.25, 0.3) is 0 Å². The zero-order valence-electron chi connectivity index (χ0n) is 11.0. The smallest absolute Gasteiger partial charge is 0.103 e. The second-order valence-corrected chi connectivity index (χ2v) is 4.47. The molecule has 0 bridgehead atoms. The Morgan fingerprint density at radius 2 is 1.81 bits per heavy atom. The third kappa shape index (κ3) is 7.67. The summed E-state index contributed by atoms with van der Waals surface area (Å²) in [6, 6.07) is 2.29. The van der Waals surface area contributed by atoms with E-state index in [2.05, 4.69) is 18.3 Å². The van der Waals surface area contributed by atoms with Crippen LogP contribution in [0, 0.1) is 11.3 Å². The van der Waals surface area contributed by atoms with Gasteiger partial charge in [-0.3, -0.25) is 0 Å². The van der Waals surface area contributed by atoms with Crippen molar-refractivity contribution in [3.63, 3.8) is 0 Å². The molecule has 0 aromatic carbocycles. The molecule has 1 atom stereocenters. The standard InChI is InChI=1S/C13H26N2O/c1-4-5-7-10-16-11-8-6-9-13(2,12-14)15-3/h15H,4-11H2,1-3H3. The summed E-state index contributed by atoms with van der Waals surface area (Å²) in [6.07, 6.45) is 6.64. The molecule has 1 N–H and O–H groups in total. The van der Waals surface area contributed by atoms with Crippen LogP contribution in [0.15, 0.2) is 0 Å². The van der Waals surface area contributed by atoms with Gasteiger partial charge in [-0.15, -0.1) is 0 Å². The number of rotatable bonds is 10. The summed E-state index contributed by atoms with van der Waals surface area (Å²) < 4.78 is 5.51. The van der Waals surface area contributed by atoms with E-state index in [4.69, 9.17) is 10.00 Å². The number of hydrogen-bond acceptors (Lipinski definition) is 3. The maximum Gasteiger partial charge on any atom is 0.103 e. The predicted molar refractivity (Wildman–Crippen MR) is 67.3 cm³/mol. The molecule has 0 spiro atoms. The number of nitriles is 1. The average Bonchev–Trinajstić information content (AvgIpc) is 2.32. The van der Waals surface area contributed by atoms with Gasteiger partial charge in [-0.2, -0.15) is 5.26 Å². The Balaban J connectivity index is 3.30. The molecule has 1 unspecified atom stereocenters. The molecule has 0 heterocycles. The lowest BCUT2D eigenvalue weighted by Crippen LogP contribution is -2.37. The van der Waals surface area contributed by atoms with Crippen LogP contribution in [0.5, 0.6) is 0 Å². The monoisotopic (exact) mass is 226 g/mol. The molecular weight excluding hydrogens is 200 g/mol. The van der Waals surface area contributed by atoms with Crippen LogP contribution >= 0.6 is 0 Å². The minimum Gasteiger partial charge on any atom is -0.381 e. The molecule has 3 nitrogen and oxygen atoms in total. The van der Waals surface area contributed by atoms with Crippen molar-refractivity contribution >= 4 is 0 Å². The molecule has 0 aliphatic heterocycles. The first kappa shape index (κ1) is 15.4. The summed E-state index contributed by atoms with van der Waals surface area (Å²) >= 11 is 0. The summed E-state index contributed by atoms with van der Waals surface area (Å²) in [7, 11) is 1.84. The first-order chi connectivity index (χ1) is 7.68. The molecule has 0 amide bonds. The van der Waals surface area contributed by atoms with E-state index in [1.165, 1.54) is 19.3 Å². The minimum atomic E-state index is -0.373. The van der Waals surface area contributed by atoms with Gasteiger partial charge in [-0.1, -0.05) is 19.8 Å². The van der Waals surface area contributed by atoms with Gasteiger partial charge in [0.05, 0.1) is 6.07 Å². The third-order valence-electron chi connectivity index (χ3n) is 2.91. The van der Waals surface area contributed by atoms with E-state index in [9.17, 15) is 0 Å². The van der Waals surface area contributed by atoms with Gasteiger partial charge in [0, 0.05) is 13.2 Å². The molecule has 0 radical (unpaired) electrons. The van der Waals surface area contributed by atoms with Gasteiger partial charge in [-0.05, 0) is 39.7 Å². The van der Waals surface area contributed by atoms with Crippen molar-refractivity contribution in [2.45, 2.75) is 57.9 Å². The quantitative estimate of drug-likeness (QED) is 0.583. The third-order valence-corrected chi connectivity index (χ3v) is 2.91. The fourth-order valence-corrected chi connectivity index (χ4v) is 1.48. The highest BCUT2D eigenvalue weighted by molar-refractivity contribution is 5.02. The van der Waals surface area contributed by atoms with Crippen molar-refractivity contribution in [3.05, 3.63) is 0 Å².